The number of aromatic nitrogens is 3. The van der Waals surface area contributed by atoms with Crippen molar-refractivity contribution in [2.75, 3.05) is 20.6 Å². The number of unbranched alkanes of at least 4 members (excludes halogenated alkanes) is 3. The molecule has 2 aromatic rings. The number of amides is 1. The quantitative estimate of drug-likeness (QED) is 0.0449. The molecule has 0 aliphatic carbocycles. The van der Waals surface area contributed by atoms with Crippen molar-refractivity contribution >= 4 is 11.9 Å². The van der Waals surface area contributed by atoms with Crippen molar-refractivity contribution in [1.29, 1.82) is 0 Å². The summed E-state index contributed by atoms with van der Waals surface area (Å²) in [5, 5.41) is 75.0. The van der Waals surface area contributed by atoms with Gasteiger partial charge >= 0.3 is 5.97 Å². The van der Waals surface area contributed by atoms with Gasteiger partial charge in [0.05, 0.1) is 29.8 Å². The molecule has 62 heavy (non-hydrogen) atoms. The Morgan fingerprint density at radius 3 is 2.35 bits per heavy atom. The second-order valence-corrected chi connectivity index (χ2v) is 18.9. The summed E-state index contributed by atoms with van der Waals surface area (Å²) in [5.74, 6) is -3.22. The van der Waals surface area contributed by atoms with Gasteiger partial charge in [0, 0.05) is 48.2 Å². The highest BCUT2D eigenvalue weighted by Gasteiger charge is 2.50. The van der Waals surface area contributed by atoms with Crippen LogP contribution in [0.25, 0.3) is 11.3 Å². The number of nitrogens with zero attached hydrogens (tertiary/aromatic N) is 4. The molecule has 14 atom stereocenters. The lowest BCUT2D eigenvalue weighted by Gasteiger charge is -2.47. The fourth-order valence-corrected chi connectivity index (χ4v) is 9.40. The molecular formula is C45H77N6O11+. The molecule has 1 aromatic heterocycles. The van der Waals surface area contributed by atoms with E-state index in [1.54, 1.807) is 33.2 Å². The van der Waals surface area contributed by atoms with Gasteiger partial charge in [-0.15, -0.1) is 0 Å². The van der Waals surface area contributed by atoms with E-state index in [1.165, 1.54) is 13.8 Å². The van der Waals surface area contributed by atoms with Crippen LogP contribution in [0.2, 0.25) is 0 Å². The zero-order valence-electron chi connectivity index (χ0n) is 38.6. The predicted molar refractivity (Wildman–Crippen MR) is 230 cm³/mol. The Morgan fingerprint density at radius 1 is 1.05 bits per heavy atom. The number of benzene rings is 1. The van der Waals surface area contributed by atoms with Crippen LogP contribution in [0.3, 0.4) is 0 Å². The number of aromatic amines is 1. The number of hydrogen-bond acceptors (Lipinski definition) is 14. The maximum absolute atomic E-state index is 13.6. The van der Waals surface area contributed by atoms with Crippen LogP contribution in [0.4, 0.5) is 0 Å². The lowest BCUT2D eigenvalue weighted by atomic mass is 9.78. The summed E-state index contributed by atoms with van der Waals surface area (Å²) < 4.78 is 20.6. The highest BCUT2D eigenvalue weighted by atomic mass is 16.7. The van der Waals surface area contributed by atoms with E-state index < -0.39 is 71.9 Å². The first-order valence-electron chi connectivity index (χ1n) is 22.5. The molecule has 4 rings (SSSR count). The summed E-state index contributed by atoms with van der Waals surface area (Å²) in [5.41, 5.74) is 1.07. The van der Waals surface area contributed by atoms with Crippen molar-refractivity contribution in [2.24, 2.45) is 17.8 Å². The molecule has 17 nitrogen and oxygen atoms in total. The van der Waals surface area contributed by atoms with E-state index in [-0.39, 0.29) is 36.8 Å². The lowest BCUT2D eigenvalue weighted by Crippen LogP contribution is -2.59. The van der Waals surface area contributed by atoms with Gasteiger partial charge in [0.1, 0.15) is 30.5 Å². The van der Waals surface area contributed by atoms with Crippen molar-refractivity contribution in [3.05, 3.63) is 36.0 Å². The van der Waals surface area contributed by atoms with Crippen LogP contribution in [-0.4, -0.2) is 150 Å². The number of H-pyrrole nitrogens is 1. The number of ether oxygens (including phenoxy) is 3. The van der Waals surface area contributed by atoms with Gasteiger partial charge < -0.3 is 44.6 Å². The third-order valence-electron chi connectivity index (χ3n) is 13.3. The van der Waals surface area contributed by atoms with Crippen LogP contribution in [0.5, 0.6) is 0 Å². The zero-order chi connectivity index (χ0) is 46.1. The first-order chi connectivity index (χ1) is 29.1. The van der Waals surface area contributed by atoms with Gasteiger partial charge in [0.2, 0.25) is 11.6 Å². The Morgan fingerprint density at radius 2 is 1.71 bits per heavy atom. The Kier molecular flexibility index (Phi) is 18.9. The number of aryl methyl sites for hydroxylation is 1. The number of rotatable bonds is 14. The highest BCUT2D eigenvalue weighted by molar-refractivity contribution is 5.74. The molecule has 17 heteroatoms. The first kappa shape index (κ1) is 51.5. The third kappa shape index (κ3) is 13.2. The predicted octanol–water partition coefficient (Wildman–Crippen LogP) is 2.68. The van der Waals surface area contributed by atoms with Crippen molar-refractivity contribution in [3.63, 3.8) is 0 Å². The van der Waals surface area contributed by atoms with E-state index in [4.69, 9.17) is 19.4 Å². The number of likely N-dealkylation sites (N-methyl/N-ethyl adjacent to an activating group) is 2. The molecule has 8 N–H and O–H groups in total. The van der Waals surface area contributed by atoms with Crippen LogP contribution < -0.4 is 10.2 Å². The van der Waals surface area contributed by atoms with Gasteiger partial charge in [-0.3, -0.25) is 19.7 Å². The van der Waals surface area contributed by atoms with E-state index in [2.05, 4.69) is 15.2 Å². The van der Waals surface area contributed by atoms with Crippen LogP contribution in [0.1, 0.15) is 112 Å². The SMILES string of the molecule is CC[C@H]1OC(=O)[C@H](C)[C@@H](O)[C@H](C)[C@@H](O[C@@H]2O[C@H](C)C[C@H](N(C)Cc3ccc(-c4c[n+](CCCCCCC(=O)NO)[nH]n4)cc3)[C@H]2O)[C@](C)(O)C[C@@H](C)CN(C)[C@H](C)[C@@H](O)[C@]1(C)O. The first-order valence-corrected chi connectivity index (χ1v) is 22.5. The molecule has 0 bridgehead atoms. The highest BCUT2D eigenvalue weighted by Crippen LogP contribution is 2.37. The van der Waals surface area contributed by atoms with Crippen molar-refractivity contribution < 1.29 is 59.2 Å². The molecule has 2 aliphatic rings. The standard InChI is InChI=1S/C45H76N6O11/c1-11-36-45(8,58)40(55)31(6)49(9)24-27(2)23-44(7,57)41(29(4)38(53)30(5)42(56)61-36)62-43-39(54)35(22-28(3)60-43)50(10)25-32-17-19-33(20-18-32)34-26-51(48-46-34)21-15-13-12-14-16-37(52)47-59/h17-20,26-31,35-36,38-41,43,53-55,57-58H,11-16,21-25H2,1-10H3,(H2,46,47,48,52,59)/p+1/t27-,28-,29+,30-,31-,35+,36-,38+,39-,40-,41-,43+,44-,45-/m1/s1. The minimum absolute atomic E-state index is 0.153. The van der Waals surface area contributed by atoms with Gasteiger partial charge in [-0.2, -0.15) is 4.68 Å². The van der Waals surface area contributed by atoms with Gasteiger partial charge in [0.25, 0.3) is 0 Å². The van der Waals surface area contributed by atoms with E-state index in [0.717, 1.165) is 49.0 Å². The number of nitrogens with one attached hydrogen (secondary N) is 2. The summed E-state index contributed by atoms with van der Waals surface area (Å²) in [7, 11) is 3.76. The Labute approximate surface area is 367 Å². The molecule has 2 fully saturated rings. The summed E-state index contributed by atoms with van der Waals surface area (Å²) in [4.78, 5) is 28.7. The van der Waals surface area contributed by atoms with Crippen molar-refractivity contribution in [1.82, 2.24) is 25.6 Å². The summed E-state index contributed by atoms with van der Waals surface area (Å²) in [6, 6.07) is 7.16. The van der Waals surface area contributed by atoms with Gasteiger partial charge in [-0.1, -0.05) is 44.5 Å². The van der Waals surface area contributed by atoms with Gasteiger partial charge in [-0.25, -0.2) is 5.48 Å². The maximum atomic E-state index is 13.6. The average Bonchev–Trinajstić information content (AvgIpc) is 3.70. The van der Waals surface area contributed by atoms with Crippen molar-refractivity contribution in [2.45, 2.75) is 186 Å². The topological polar surface area (TPSA) is 234 Å². The molecule has 2 saturated heterocycles. The molecule has 1 aromatic carbocycles. The molecule has 2 aliphatic heterocycles. The number of aliphatic hydroxyl groups is 5. The molecule has 1 amide bonds. The average molecular weight is 878 g/mol. The number of hydrogen-bond donors (Lipinski definition) is 8. The molecule has 0 saturated carbocycles. The van der Waals surface area contributed by atoms with E-state index in [1.807, 2.05) is 68.0 Å². The Bertz CT molecular complexity index is 1690. The number of aliphatic hydroxyl groups excluding tert-OH is 3. The van der Waals surface area contributed by atoms with Gasteiger partial charge in [0.15, 0.2) is 12.5 Å². The van der Waals surface area contributed by atoms with Crippen LogP contribution in [0.15, 0.2) is 30.5 Å². The minimum atomic E-state index is -1.79. The lowest BCUT2D eigenvalue weighted by molar-refractivity contribution is -0.753. The van der Waals surface area contributed by atoms with E-state index in [9.17, 15) is 35.1 Å². The molecule has 0 radical (unpaired) electrons. The van der Waals surface area contributed by atoms with E-state index in [0.29, 0.717) is 25.9 Å². The maximum Gasteiger partial charge on any atom is 0.311 e. The van der Waals surface area contributed by atoms with Crippen LogP contribution in [-0.2, 0) is 36.9 Å². The second kappa shape index (κ2) is 22.7. The minimum Gasteiger partial charge on any atom is -0.459 e. The Hall–Kier alpha value is -3.10. The van der Waals surface area contributed by atoms with Crippen LogP contribution in [0, 0.1) is 17.8 Å². The largest absolute Gasteiger partial charge is 0.459 e. The smallest absolute Gasteiger partial charge is 0.311 e. The number of carbonyl (C=O) groups excluding carboxylic acids is 2. The van der Waals surface area contributed by atoms with E-state index >= 15 is 0 Å². The Balaban J connectivity index is 1.47. The summed E-state index contributed by atoms with van der Waals surface area (Å²) in [6.45, 7) is 15.4. The van der Waals surface area contributed by atoms with Crippen molar-refractivity contribution in [3.8, 4) is 11.3 Å². The number of cyclic esters (lactones) is 1. The normalized spacial score (nSPS) is 35.9. The number of hydroxylamine groups is 1. The summed E-state index contributed by atoms with van der Waals surface area (Å²) in [6.07, 6.45) is -0.704. The number of carbonyl (C=O) groups is 2. The fourth-order valence-electron chi connectivity index (χ4n) is 9.40. The second-order valence-electron chi connectivity index (χ2n) is 18.9. The molecule has 352 valence electrons. The fraction of sp³-hybridized carbons (Fsp3) is 0.778. The van der Waals surface area contributed by atoms with Crippen LogP contribution >= 0.6 is 0 Å². The molecule has 0 spiro atoms. The monoisotopic (exact) mass is 878 g/mol. The molecule has 0 unspecified atom stereocenters. The summed E-state index contributed by atoms with van der Waals surface area (Å²) >= 11 is 0. The van der Waals surface area contributed by atoms with Gasteiger partial charge in [-0.05, 0) is 111 Å². The third-order valence-corrected chi connectivity index (χ3v) is 13.3. The zero-order valence-corrected chi connectivity index (χ0v) is 38.6. The molecular weight excluding hydrogens is 801 g/mol. The number of esters is 1. The molecule has 3 heterocycles.